The molecular weight excluding hydrogens is 1350 g/mol. The number of ether oxygens (including phenoxy) is 4. The van der Waals surface area contributed by atoms with Crippen molar-refractivity contribution in [1.82, 2.24) is 0 Å². The largest absolute Gasteiger partial charge is 0.472 e. The van der Waals surface area contributed by atoms with Crippen LogP contribution in [-0.4, -0.2) is 96.7 Å². The standard InChI is InChI=1S/C85H166O17P2/c1-8-9-10-11-12-13-14-15-16-17-18-19-20-21-26-29-32-39-47-54-61-68-84(89)101-80(72-95-82(87)66-59-52-45-38-31-28-25-23-22-24-27-30-35-42-49-56-63-76(2)3)74-99-103(91,92)97-70-79(86)71-98-104(93,94)100-75-81(102-85(90)69-62-55-48-41-34-37-44-51-58-65-78(6)7)73-96-83(88)67-60-53-46-40-33-36-43-50-57-64-77(4)5/h76-81,86H,8-75H2,1-7H3,(H,91,92)(H,93,94)/t79-,80-,81-/m1/s1. The second-order valence-corrected chi connectivity index (χ2v) is 34.9. The zero-order valence-corrected chi connectivity index (χ0v) is 70.3. The molecule has 104 heavy (non-hydrogen) atoms. The third-order valence-electron chi connectivity index (χ3n) is 19.9. The van der Waals surface area contributed by atoms with Crippen LogP contribution in [0.25, 0.3) is 0 Å². The van der Waals surface area contributed by atoms with Crippen LogP contribution in [0.5, 0.6) is 0 Å². The van der Waals surface area contributed by atoms with Gasteiger partial charge in [-0.2, -0.15) is 0 Å². The molecule has 0 amide bonds. The summed E-state index contributed by atoms with van der Waals surface area (Å²) < 4.78 is 68.8. The maximum Gasteiger partial charge on any atom is 0.472 e. The van der Waals surface area contributed by atoms with Gasteiger partial charge in [-0.25, -0.2) is 9.13 Å². The van der Waals surface area contributed by atoms with Gasteiger partial charge in [0, 0.05) is 25.7 Å². The van der Waals surface area contributed by atoms with E-state index in [1.807, 2.05) is 0 Å². The summed E-state index contributed by atoms with van der Waals surface area (Å²) in [6.07, 6.45) is 65.4. The summed E-state index contributed by atoms with van der Waals surface area (Å²) in [7, 11) is -9.93. The minimum Gasteiger partial charge on any atom is -0.462 e. The molecule has 0 radical (unpaired) electrons. The van der Waals surface area contributed by atoms with Crippen molar-refractivity contribution in [3.63, 3.8) is 0 Å². The normalized spacial score (nSPS) is 13.9. The highest BCUT2D eigenvalue weighted by Crippen LogP contribution is 2.45. The van der Waals surface area contributed by atoms with E-state index in [1.165, 1.54) is 257 Å². The van der Waals surface area contributed by atoms with E-state index in [1.54, 1.807) is 0 Å². The second-order valence-electron chi connectivity index (χ2n) is 32.0. The number of carbonyl (C=O) groups is 4. The van der Waals surface area contributed by atoms with Crippen LogP contribution in [0.3, 0.4) is 0 Å². The number of carbonyl (C=O) groups excluding carboxylic acids is 4. The van der Waals surface area contributed by atoms with E-state index < -0.39 is 97.5 Å². The molecule has 0 aliphatic carbocycles. The molecule has 0 aliphatic heterocycles. The maximum atomic E-state index is 13.1. The van der Waals surface area contributed by atoms with E-state index in [-0.39, 0.29) is 25.7 Å². The Bertz CT molecular complexity index is 2010. The lowest BCUT2D eigenvalue weighted by molar-refractivity contribution is -0.161. The van der Waals surface area contributed by atoms with Gasteiger partial charge in [-0.15, -0.1) is 0 Å². The van der Waals surface area contributed by atoms with Crippen LogP contribution in [0.2, 0.25) is 0 Å². The SMILES string of the molecule is CCCCCCCCCCCCCCCCCCCCCCCC(=O)O[C@H](COC(=O)CCCCCCCCCCCCCCCCCCC(C)C)COP(=O)(O)OC[C@@H](O)COP(=O)(O)OC[C@@H](COC(=O)CCCCCCCCCCCC(C)C)OC(=O)CCCCCCCCCCCC(C)C. The predicted molar refractivity (Wildman–Crippen MR) is 428 cm³/mol. The molecule has 0 aromatic rings. The summed E-state index contributed by atoms with van der Waals surface area (Å²) in [4.78, 5) is 73.2. The van der Waals surface area contributed by atoms with Crippen molar-refractivity contribution in [2.24, 2.45) is 17.8 Å². The number of phosphoric acid groups is 2. The summed E-state index contributed by atoms with van der Waals surface area (Å²) in [5.74, 6) is 0.185. The number of phosphoric ester groups is 2. The molecule has 2 unspecified atom stereocenters. The molecule has 0 aromatic heterocycles. The van der Waals surface area contributed by atoms with Crippen molar-refractivity contribution in [3.05, 3.63) is 0 Å². The number of hydrogen-bond acceptors (Lipinski definition) is 15. The molecule has 5 atom stereocenters. The summed E-state index contributed by atoms with van der Waals surface area (Å²) in [5, 5.41) is 10.7. The molecule has 19 heteroatoms. The van der Waals surface area contributed by atoms with Gasteiger partial charge in [-0.1, -0.05) is 395 Å². The topological polar surface area (TPSA) is 237 Å². The summed E-state index contributed by atoms with van der Waals surface area (Å²) in [6, 6.07) is 0. The second kappa shape index (κ2) is 75.1. The summed E-state index contributed by atoms with van der Waals surface area (Å²) in [6.45, 7) is 12.0. The first kappa shape index (κ1) is 102. The first-order valence-corrected chi connectivity index (χ1v) is 46.8. The molecule has 0 saturated carbocycles. The molecule has 0 aromatic carbocycles. The Morgan fingerprint density at radius 3 is 0.654 bits per heavy atom. The minimum absolute atomic E-state index is 0.105. The van der Waals surface area contributed by atoms with Gasteiger partial charge in [0.2, 0.25) is 0 Å². The Balaban J connectivity index is 5.23. The Labute approximate surface area is 638 Å². The lowest BCUT2D eigenvalue weighted by atomic mass is 10.0. The van der Waals surface area contributed by atoms with Gasteiger partial charge in [0.15, 0.2) is 12.2 Å². The zero-order chi connectivity index (χ0) is 76.5. The van der Waals surface area contributed by atoms with Crippen molar-refractivity contribution in [3.8, 4) is 0 Å². The number of unbranched alkanes of at least 4 members (excludes halogenated alkanes) is 51. The van der Waals surface area contributed by atoms with Crippen molar-refractivity contribution >= 4 is 39.5 Å². The molecule has 0 saturated heterocycles. The van der Waals surface area contributed by atoms with E-state index in [4.69, 9.17) is 37.0 Å². The zero-order valence-electron chi connectivity index (χ0n) is 68.5. The summed E-state index contributed by atoms with van der Waals surface area (Å²) in [5.41, 5.74) is 0. The van der Waals surface area contributed by atoms with Crippen LogP contribution in [0.4, 0.5) is 0 Å². The quantitative estimate of drug-likeness (QED) is 0.0222. The monoisotopic (exact) mass is 1520 g/mol. The number of hydrogen-bond donors (Lipinski definition) is 3. The van der Waals surface area contributed by atoms with E-state index in [9.17, 15) is 43.2 Å². The highest BCUT2D eigenvalue weighted by atomic mass is 31.2. The third-order valence-corrected chi connectivity index (χ3v) is 21.8. The Morgan fingerprint density at radius 1 is 0.260 bits per heavy atom. The molecule has 0 fully saturated rings. The fourth-order valence-electron chi connectivity index (χ4n) is 13.2. The fraction of sp³-hybridized carbons (Fsp3) is 0.953. The number of rotatable bonds is 83. The average molecular weight is 1520 g/mol. The van der Waals surface area contributed by atoms with Gasteiger partial charge in [-0.05, 0) is 43.4 Å². The third kappa shape index (κ3) is 78.2. The van der Waals surface area contributed by atoms with Gasteiger partial charge in [0.1, 0.15) is 19.3 Å². The van der Waals surface area contributed by atoms with Crippen LogP contribution in [-0.2, 0) is 65.4 Å². The molecular formula is C85H166O17P2. The van der Waals surface area contributed by atoms with Gasteiger partial charge in [0.25, 0.3) is 0 Å². The van der Waals surface area contributed by atoms with Crippen molar-refractivity contribution in [2.45, 2.75) is 465 Å². The molecule has 0 heterocycles. The van der Waals surface area contributed by atoms with Crippen LogP contribution in [0.1, 0.15) is 447 Å². The molecule has 0 rings (SSSR count). The number of aliphatic hydroxyl groups excluding tert-OH is 1. The lowest BCUT2D eigenvalue weighted by Gasteiger charge is -2.21. The highest BCUT2D eigenvalue weighted by Gasteiger charge is 2.30. The van der Waals surface area contributed by atoms with Crippen LogP contribution >= 0.6 is 15.6 Å². The van der Waals surface area contributed by atoms with Crippen molar-refractivity contribution < 1.29 is 80.2 Å². The fourth-order valence-corrected chi connectivity index (χ4v) is 14.8. The first-order chi connectivity index (χ1) is 50.2. The molecule has 0 bridgehead atoms. The van der Waals surface area contributed by atoms with E-state index in [0.717, 1.165) is 108 Å². The first-order valence-electron chi connectivity index (χ1n) is 43.8. The van der Waals surface area contributed by atoms with Crippen LogP contribution in [0.15, 0.2) is 0 Å². The maximum absolute atomic E-state index is 13.1. The van der Waals surface area contributed by atoms with E-state index in [0.29, 0.717) is 25.7 Å². The van der Waals surface area contributed by atoms with E-state index in [2.05, 4.69) is 48.5 Å². The lowest BCUT2D eigenvalue weighted by Crippen LogP contribution is -2.30. The van der Waals surface area contributed by atoms with Crippen LogP contribution in [0, 0.1) is 17.8 Å². The smallest absolute Gasteiger partial charge is 0.462 e. The Hall–Kier alpha value is -1.94. The molecule has 0 aliphatic rings. The Kier molecular flexibility index (Phi) is 73.7. The molecule has 618 valence electrons. The highest BCUT2D eigenvalue weighted by molar-refractivity contribution is 7.47. The van der Waals surface area contributed by atoms with Gasteiger partial charge in [0.05, 0.1) is 26.4 Å². The molecule has 17 nitrogen and oxygen atoms in total. The van der Waals surface area contributed by atoms with Gasteiger partial charge in [-0.3, -0.25) is 37.3 Å². The van der Waals surface area contributed by atoms with Crippen LogP contribution < -0.4 is 0 Å². The molecule has 3 N–H and O–H groups in total. The predicted octanol–water partition coefficient (Wildman–Crippen LogP) is 25.7. The van der Waals surface area contributed by atoms with Gasteiger partial charge < -0.3 is 33.8 Å². The Morgan fingerprint density at radius 2 is 0.442 bits per heavy atom. The van der Waals surface area contributed by atoms with E-state index >= 15 is 0 Å². The minimum atomic E-state index is -4.97. The van der Waals surface area contributed by atoms with Crippen molar-refractivity contribution in [1.29, 1.82) is 0 Å². The van der Waals surface area contributed by atoms with Crippen molar-refractivity contribution in [2.75, 3.05) is 39.6 Å². The summed E-state index contributed by atoms with van der Waals surface area (Å²) >= 11 is 0. The average Bonchev–Trinajstić information content (AvgIpc) is 1.06. The molecule has 0 spiro atoms. The van der Waals surface area contributed by atoms with Gasteiger partial charge >= 0.3 is 39.5 Å². The number of aliphatic hydroxyl groups is 1. The number of esters is 4.